The summed E-state index contributed by atoms with van der Waals surface area (Å²) >= 11 is 5.93. The maximum atomic E-state index is 12.3. The number of piperidine rings is 2. The molecule has 1 amide bonds. The summed E-state index contributed by atoms with van der Waals surface area (Å²) in [5, 5.41) is 7.35. The second-order valence-corrected chi connectivity index (χ2v) is 7.17. The van der Waals surface area contributed by atoms with Crippen molar-refractivity contribution in [2.24, 2.45) is 5.92 Å². The fourth-order valence-corrected chi connectivity index (χ4v) is 3.60. The van der Waals surface area contributed by atoms with Crippen molar-refractivity contribution in [3.8, 4) is 0 Å². The molecule has 2 saturated heterocycles. The van der Waals surface area contributed by atoms with Crippen molar-refractivity contribution >= 4 is 42.3 Å². The quantitative estimate of drug-likeness (QED) is 0.803. The molecule has 2 aliphatic heterocycles. The molecule has 0 bridgehead atoms. The van der Waals surface area contributed by atoms with Gasteiger partial charge in [0.05, 0.1) is 5.92 Å². The Hall–Kier alpha value is -0.520. The Morgan fingerprint density at radius 2 is 1.84 bits per heavy atom. The van der Waals surface area contributed by atoms with Crippen LogP contribution in [0.25, 0.3) is 0 Å². The fraction of sp³-hybridized carbons (Fsp3) is 0.611. The summed E-state index contributed by atoms with van der Waals surface area (Å²) in [4.78, 5) is 14.7. The van der Waals surface area contributed by atoms with Crippen LogP contribution in [-0.2, 0) is 11.3 Å². The molecule has 1 unspecified atom stereocenters. The maximum Gasteiger partial charge on any atom is 0.224 e. The van der Waals surface area contributed by atoms with Gasteiger partial charge in [0.2, 0.25) is 5.91 Å². The van der Waals surface area contributed by atoms with E-state index in [-0.39, 0.29) is 36.6 Å². The molecule has 4 nitrogen and oxygen atoms in total. The van der Waals surface area contributed by atoms with Crippen LogP contribution in [0.4, 0.5) is 0 Å². The summed E-state index contributed by atoms with van der Waals surface area (Å²) in [5.74, 6) is 0.407. The van der Waals surface area contributed by atoms with Crippen molar-refractivity contribution in [2.45, 2.75) is 38.3 Å². The van der Waals surface area contributed by atoms with Gasteiger partial charge in [-0.05, 0) is 49.9 Å². The van der Waals surface area contributed by atoms with E-state index >= 15 is 0 Å². The largest absolute Gasteiger partial charge is 0.353 e. The van der Waals surface area contributed by atoms with E-state index in [2.05, 4.69) is 27.7 Å². The van der Waals surface area contributed by atoms with Gasteiger partial charge >= 0.3 is 0 Å². The monoisotopic (exact) mass is 407 g/mol. The van der Waals surface area contributed by atoms with Crippen LogP contribution in [0.15, 0.2) is 24.3 Å². The zero-order valence-corrected chi connectivity index (χ0v) is 16.8. The summed E-state index contributed by atoms with van der Waals surface area (Å²) < 4.78 is 0. The maximum absolute atomic E-state index is 12.3. The first kappa shape index (κ1) is 22.5. The van der Waals surface area contributed by atoms with Crippen molar-refractivity contribution in [3.63, 3.8) is 0 Å². The summed E-state index contributed by atoms with van der Waals surface area (Å²) in [6, 6.07) is 8.41. The highest BCUT2D eigenvalue weighted by Crippen LogP contribution is 2.17. The third kappa shape index (κ3) is 6.95. The minimum absolute atomic E-state index is 0. The van der Waals surface area contributed by atoms with Gasteiger partial charge in [-0.2, -0.15) is 0 Å². The Morgan fingerprint density at radius 1 is 1.16 bits per heavy atom. The van der Waals surface area contributed by atoms with Gasteiger partial charge < -0.3 is 10.6 Å². The highest BCUT2D eigenvalue weighted by molar-refractivity contribution is 6.30. The molecule has 7 heteroatoms. The third-order valence-electron chi connectivity index (χ3n) is 4.92. The first-order chi connectivity index (χ1) is 11.2. The Balaban J connectivity index is 0.00000156. The van der Waals surface area contributed by atoms with Gasteiger partial charge in [0, 0.05) is 37.2 Å². The molecule has 0 radical (unpaired) electrons. The van der Waals surface area contributed by atoms with E-state index in [0.717, 1.165) is 63.4 Å². The molecule has 2 aliphatic rings. The molecule has 1 aromatic rings. The average Bonchev–Trinajstić information content (AvgIpc) is 2.59. The molecule has 0 aliphatic carbocycles. The highest BCUT2D eigenvalue weighted by Gasteiger charge is 2.25. The number of likely N-dealkylation sites (tertiary alicyclic amines) is 1. The van der Waals surface area contributed by atoms with Gasteiger partial charge in [-0.1, -0.05) is 23.7 Å². The van der Waals surface area contributed by atoms with E-state index < -0.39 is 0 Å². The number of halogens is 3. The van der Waals surface area contributed by atoms with E-state index in [1.807, 2.05) is 12.1 Å². The Labute approximate surface area is 167 Å². The van der Waals surface area contributed by atoms with Gasteiger partial charge in [0.25, 0.3) is 0 Å². The molecule has 0 aromatic heterocycles. The Kier molecular flexibility index (Phi) is 10.1. The molecule has 1 aromatic carbocycles. The minimum Gasteiger partial charge on any atom is -0.353 e. The van der Waals surface area contributed by atoms with E-state index in [1.54, 1.807) is 0 Å². The second-order valence-electron chi connectivity index (χ2n) is 6.73. The van der Waals surface area contributed by atoms with Crippen LogP contribution in [0, 0.1) is 5.92 Å². The normalized spacial score (nSPS) is 21.7. The van der Waals surface area contributed by atoms with E-state index in [9.17, 15) is 4.79 Å². The lowest BCUT2D eigenvalue weighted by atomic mass is 9.97. The van der Waals surface area contributed by atoms with E-state index in [0.29, 0.717) is 6.04 Å². The third-order valence-corrected chi connectivity index (χ3v) is 5.17. The van der Waals surface area contributed by atoms with Crippen molar-refractivity contribution in [1.82, 2.24) is 15.5 Å². The van der Waals surface area contributed by atoms with Crippen molar-refractivity contribution < 1.29 is 4.79 Å². The van der Waals surface area contributed by atoms with Crippen molar-refractivity contribution in [2.75, 3.05) is 26.2 Å². The lowest BCUT2D eigenvalue weighted by molar-refractivity contribution is -0.126. The molecule has 0 saturated carbocycles. The molecular formula is C18H28Cl3N3O. The number of hydrogen-bond donors (Lipinski definition) is 2. The summed E-state index contributed by atoms with van der Waals surface area (Å²) in [6.07, 6.45) is 4.21. The van der Waals surface area contributed by atoms with Crippen LogP contribution in [0.3, 0.4) is 0 Å². The van der Waals surface area contributed by atoms with E-state index in [1.165, 1.54) is 5.56 Å². The number of rotatable bonds is 4. The Bertz CT molecular complexity index is 513. The van der Waals surface area contributed by atoms with Crippen LogP contribution in [0.1, 0.15) is 31.2 Å². The second kappa shape index (κ2) is 11.2. The molecule has 25 heavy (non-hydrogen) atoms. The first-order valence-electron chi connectivity index (χ1n) is 8.68. The van der Waals surface area contributed by atoms with Crippen LogP contribution in [0.5, 0.6) is 0 Å². The van der Waals surface area contributed by atoms with Crippen LogP contribution >= 0.6 is 36.4 Å². The lowest BCUT2D eigenvalue weighted by Gasteiger charge is -2.33. The fourth-order valence-electron chi connectivity index (χ4n) is 3.48. The topological polar surface area (TPSA) is 44.4 Å². The Morgan fingerprint density at radius 3 is 2.44 bits per heavy atom. The number of amides is 1. The zero-order valence-electron chi connectivity index (χ0n) is 14.4. The van der Waals surface area contributed by atoms with Gasteiger partial charge in [-0.15, -0.1) is 24.8 Å². The lowest BCUT2D eigenvalue weighted by Crippen LogP contribution is -2.48. The number of hydrogen-bond acceptors (Lipinski definition) is 3. The number of benzene rings is 1. The minimum atomic E-state index is 0. The molecule has 1 atom stereocenters. The molecule has 2 N–H and O–H groups in total. The van der Waals surface area contributed by atoms with Gasteiger partial charge in [0.1, 0.15) is 0 Å². The summed E-state index contributed by atoms with van der Waals surface area (Å²) in [6.45, 7) is 4.92. The molecule has 2 heterocycles. The number of nitrogens with one attached hydrogen (secondary N) is 2. The molecule has 2 fully saturated rings. The van der Waals surface area contributed by atoms with Crippen molar-refractivity contribution in [3.05, 3.63) is 34.9 Å². The van der Waals surface area contributed by atoms with Crippen LogP contribution in [-0.4, -0.2) is 43.0 Å². The molecular weight excluding hydrogens is 381 g/mol. The van der Waals surface area contributed by atoms with Crippen LogP contribution < -0.4 is 10.6 Å². The zero-order chi connectivity index (χ0) is 16.1. The molecule has 142 valence electrons. The number of carbonyl (C=O) groups excluding carboxylic acids is 1. The number of carbonyl (C=O) groups is 1. The van der Waals surface area contributed by atoms with E-state index in [4.69, 9.17) is 11.6 Å². The predicted octanol–water partition coefficient (Wildman–Crippen LogP) is 3.26. The number of nitrogens with zero attached hydrogens (tertiary/aromatic N) is 1. The molecule has 0 spiro atoms. The summed E-state index contributed by atoms with van der Waals surface area (Å²) in [5.41, 5.74) is 1.30. The predicted molar refractivity (Wildman–Crippen MR) is 108 cm³/mol. The van der Waals surface area contributed by atoms with Gasteiger partial charge in [-0.25, -0.2) is 0 Å². The smallest absolute Gasteiger partial charge is 0.224 e. The van der Waals surface area contributed by atoms with Crippen LogP contribution in [0.2, 0.25) is 5.02 Å². The first-order valence-corrected chi connectivity index (χ1v) is 9.06. The standard InChI is InChI=1S/C18H26ClN3O.2ClH/c19-16-5-3-14(4-6-16)13-22-10-7-17(8-11-22)21-18(23)15-2-1-9-20-12-15;;/h3-6,15,17,20H,1-2,7-13H2,(H,21,23);2*1H. The molecule has 3 rings (SSSR count). The van der Waals surface area contributed by atoms with Gasteiger partial charge in [-0.3, -0.25) is 9.69 Å². The SMILES string of the molecule is Cl.Cl.O=C(NC1CCN(Cc2ccc(Cl)cc2)CC1)C1CCCNC1. The summed E-state index contributed by atoms with van der Waals surface area (Å²) in [7, 11) is 0. The van der Waals surface area contributed by atoms with Crippen molar-refractivity contribution in [1.29, 1.82) is 0 Å². The average molecular weight is 409 g/mol. The van der Waals surface area contributed by atoms with Gasteiger partial charge in [0.15, 0.2) is 0 Å². The highest BCUT2D eigenvalue weighted by atomic mass is 35.5.